The molecule has 0 amide bonds. The van der Waals surface area contributed by atoms with Crippen molar-refractivity contribution in [3.8, 4) is 11.5 Å². The number of carboxylic acid groups (broad SMARTS) is 1. The zero-order chi connectivity index (χ0) is 22.5. The Morgan fingerprint density at radius 1 is 1.10 bits per heavy atom. The summed E-state index contributed by atoms with van der Waals surface area (Å²) in [4.78, 5) is 11.6. The van der Waals surface area contributed by atoms with E-state index in [4.69, 9.17) is 14.2 Å². The lowest BCUT2D eigenvalue weighted by atomic mass is 9.91. The van der Waals surface area contributed by atoms with Crippen molar-refractivity contribution in [2.24, 2.45) is 0 Å². The Kier molecular flexibility index (Phi) is 7.07. The van der Waals surface area contributed by atoms with Crippen LogP contribution in [0.25, 0.3) is 0 Å². The van der Waals surface area contributed by atoms with Gasteiger partial charge in [0.05, 0.1) is 5.56 Å². The molecule has 0 aromatic heterocycles. The van der Waals surface area contributed by atoms with Gasteiger partial charge in [-0.2, -0.15) is 13.2 Å². The molecule has 9 heteroatoms. The number of carboxylic acids is 1. The van der Waals surface area contributed by atoms with E-state index < -0.39 is 29.4 Å². The molecule has 0 radical (unpaired) electrons. The van der Waals surface area contributed by atoms with Crippen molar-refractivity contribution in [2.45, 2.75) is 37.1 Å². The van der Waals surface area contributed by atoms with Gasteiger partial charge in [0.25, 0.3) is 0 Å². The van der Waals surface area contributed by atoms with Gasteiger partial charge in [0.15, 0.2) is 5.60 Å². The minimum absolute atomic E-state index is 0.106. The van der Waals surface area contributed by atoms with Gasteiger partial charge in [0, 0.05) is 13.0 Å². The van der Waals surface area contributed by atoms with Crippen molar-refractivity contribution in [3.63, 3.8) is 0 Å². The number of rotatable bonds is 9. The van der Waals surface area contributed by atoms with Gasteiger partial charge >= 0.3 is 12.1 Å². The quantitative estimate of drug-likeness (QED) is 0.619. The van der Waals surface area contributed by atoms with Gasteiger partial charge in [-0.05, 0) is 54.8 Å². The van der Waals surface area contributed by atoms with Crippen molar-refractivity contribution in [3.05, 3.63) is 59.7 Å². The van der Waals surface area contributed by atoms with Crippen LogP contribution in [-0.2, 0) is 22.1 Å². The zero-order valence-electron chi connectivity index (χ0n) is 16.6. The molecular formula is C22H23F3O6. The molecule has 1 saturated heterocycles. The SMILES string of the molecule is O=C(O)C1(Cc2cccc(OC[C@H](O)COc3ccc(C(F)(F)F)cc3)c2)CCCO1. The summed E-state index contributed by atoms with van der Waals surface area (Å²) in [6.07, 6.45) is -4.11. The Hall–Kier alpha value is -2.78. The van der Waals surface area contributed by atoms with Crippen LogP contribution in [0, 0.1) is 0 Å². The second kappa shape index (κ2) is 9.57. The molecule has 2 aromatic rings. The summed E-state index contributed by atoms with van der Waals surface area (Å²) in [5.41, 5.74) is -1.28. The topological polar surface area (TPSA) is 85.2 Å². The predicted molar refractivity (Wildman–Crippen MR) is 104 cm³/mol. The van der Waals surface area contributed by atoms with Crippen LogP contribution in [0.15, 0.2) is 48.5 Å². The van der Waals surface area contributed by atoms with E-state index >= 15 is 0 Å². The van der Waals surface area contributed by atoms with E-state index in [-0.39, 0.29) is 25.4 Å². The minimum atomic E-state index is -4.42. The van der Waals surface area contributed by atoms with Crippen LogP contribution in [0.5, 0.6) is 11.5 Å². The molecule has 0 saturated carbocycles. The first-order valence-corrected chi connectivity index (χ1v) is 9.75. The Labute approximate surface area is 177 Å². The number of aliphatic hydroxyl groups excluding tert-OH is 1. The number of alkyl halides is 3. The van der Waals surface area contributed by atoms with Crippen molar-refractivity contribution >= 4 is 5.97 Å². The highest BCUT2D eigenvalue weighted by molar-refractivity contribution is 5.78. The number of hydrogen-bond acceptors (Lipinski definition) is 5. The molecular weight excluding hydrogens is 417 g/mol. The van der Waals surface area contributed by atoms with Gasteiger partial charge in [-0.3, -0.25) is 0 Å². The molecule has 0 aliphatic carbocycles. The maximum Gasteiger partial charge on any atom is 0.416 e. The van der Waals surface area contributed by atoms with E-state index in [1.54, 1.807) is 24.3 Å². The maximum atomic E-state index is 12.6. The van der Waals surface area contributed by atoms with Crippen molar-refractivity contribution in [2.75, 3.05) is 19.8 Å². The van der Waals surface area contributed by atoms with Gasteiger partial charge in [-0.1, -0.05) is 12.1 Å². The van der Waals surface area contributed by atoms with Crippen LogP contribution in [0.4, 0.5) is 13.2 Å². The molecule has 1 heterocycles. The average molecular weight is 440 g/mol. The molecule has 1 aliphatic rings. The second-order valence-corrected chi connectivity index (χ2v) is 7.37. The Bertz CT molecular complexity index is 876. The van der Waals surface area contributed by atoms with E-state index in [1.165, 1.54) is 12.1 Å². The fraction of sp³-hybridized carbons (Fsp3) is 0.409. The third-order valence-electron chi connectivity index (χ3n) is 4.95. The van der Waals surface area contributed by atoms with Crippen LogP contribution in [0.2, 0.25) is 0 Å². The molecule has 0 spiro atoms. The minimum Gasteiger partial charge on any atom is -0.491 e. The van der Waals surface area contributed by atoms with Crippen LogP contribution in [0.3, 0.4) is 0 Å². The number of aliphatic hydroxyl groups is 1. The summed E-state index contributed by atoms with van der Waals surface area (Å²) < 4.78 is 54.0. The van der Waals surface area contributed by atoms with Crippen LogP contribution < -0.4 is 9.47 Å². The third-order valence-corrected chi connectivity index (χ3v) is 4.95. The predicted octanol–water partition coefficient (Wildman–Crippen LogP) is 3.70. The highest BCUT2D eigenvalue weighted by atomic mass is 19.4. The van der Waals surface area contributed by atoms with Gasteiger partial charge < -0.3 is 24.4 Å². The fourth-order valence-electron chi connectivity index (χ4n) is 3.33. The normalized spacial score (nSPS) is 19.7. The van der Waals surface area contributed by atoms with E-state index in [9.17, 15) is 28.2 Å². The second-order valence-electron chi connectivity index (χ2n) is 7.37. The lowest BCUT2D eigenvalue weighted by Gasteiger charge is -2.23. The molecule has 168 valence electrons. The van der Waals surface area contributed by atoms with Gasteiger partial charge in [-0.25, -0.2) is 4.79 Å². The molecule has 0 bridgehead atoms. The molecule has 3 rings (SSSR count). The first-order chi connectivity index (χ1) is 14.7. The largest absolute Gasteiger partial charge is 0.491 e. The van der Waals surface area contributed by atoms with Crippen molar-refractivity contribution < 1.29 is 42.4 Å². The number of halogens is 3. The lowest BCUT2D eigenvalue weighted by Crippen LogP contribution is -2.40. The van der Waals surface area contributed by atoms with Crippen LogP contribution in [-0.4, -0.2) is 47.7 Å². The molecule has 1 fully saturated rings. The number of hydrogen-bond donors (Lipinski definition) is 2. The van der Waals surface area contributed by atoms with Crippen molar-refractivity contribution in [1.82, 2.24) is 0 Å². The summed E-state index contributed by atoms with van der Waals surface area (Å²) in [5.74, 6) is -0.346. The highest BCUT2D eigenvalue weighted by Gasteiger charge is 2.43. The summed E-state index contributed by atoms with van der Waals surface area (Å²) in [6.45, 7) is 0.138. The van der Waals surface area contributed by atoms with Crippen molar-refractivity contribution in [1.29, 1.82) is 0 Å². The average Bonchev–Trinajstić information content (AvgIpc) is 3.20. The van der Waals surface area contributed by atoms with Crippen LogP contribution >= 0.6 is 0 Å². The summed E-state index contributed by atoms with van der Waals surface area (Å²) in [5, 5.41) is 19.6. The summed E-state index contributed by atoms with van der Waals surface area (Å²) in [6, 6.07) is 11.0. The molecule has 1 unspecified atom stereocenters. The zero-order valence-corrected chi connectivity index (χ0v) is 16.6. The first kappa shape index (κ1) is 22.9. The molecule has 2 N–H and O–H groups in total. The van der Waals surface area contributed by atoms with Gasteiger partial charge in [-0.15, -0.1) is 0 Å². The van der Waals surface area contributed by atoms with E-state index in [1.807, 2.05) is 0 Å². The first-order valence-electron chi connectivity index (χ1n) is 9.75. The van der Waals surface area contributed by atoms with Gasteiger partial charge in [0.1, 0.15) is 30.8 Å². The van der Waals surface area contributed by atoms with Gasteiger partial charge in [0.2, 0.25) is 0 Å². The molecule has 1 aliphatic heterocycles. The van der Waals surface area contributed by atoms with Crippen LogP contribution in [0.1, 0.15) is 24.0 Å². The monoisotopic (exact) mass is 440 g/mol. The molecule has 31 heavy (non-hydrogen) atoms. The molecule has 2 atom stereocenters. The smallest absolute Gasteiger partial charge is 0.416 e. The standard InChI is InChI=1S/C22H23F3O6/c23-22(24,25)16-5-7-18(8-6-16)29-13-17(26)14-30-19-4-1-3-15(11-19)12-21(20(27)28)9-2-10-31-21/h1,3-8,11,17,26H,2,9-10,12-14H2,(H,27,28)/t17-,21?/m1/s1. The summed E-state index contributed by atoms with van der Waals surface area (Å²) in [7, 11) is 0. The fourth-order valence-corrected chi connectivity index (χ4v) is 3.33. The molecule has 2 aromatic carbocycles. The maximum absolute atomic E-state index is 12.6. The van der Waals surface area contributed by atoms with E-state index in [0.29, 0.717) is 25.2 Å². The highest BCUT2D eigenvalue weighted by Crippen LogP contribution is 2.31. The Morgan fingerprint density at radius 2 is 1.77 bits per heavy atom. The third kappa shape index (κ3) is 6.11. The summed E-state index contributed by atoms with van der Waals surface area (Å²) >= 11 is 0. The van der Waals surface area contributed by atoms with E-state index in [0.717, 1.165) is 17.7 Å². The number of ether oxygens (including phenoxy) is 3. The number of benzene rings is 2. The number of carbonyl (C=O) groups is 1. The molecule has 6 nitrogen and oxygen atoms in total. The Balaban J connectivity index is 1.49. The van der Waals surface area contributed by atoms with E-state index in [2.05, 4.69) is 0 Å². The number of aliphatic carboxylic acids is 1. The Morgan fingerprint density at radius 3 is 2.35 bits per heavy atom. The lowest BCUT2D eigenvalue weighted by molar-refractivity contribution is -0.159.